The van der Waals surface area contributed by atoms with Crippen molar-refractivity contribution in [3.8, 4) is 11.5 Å². The first kappa shape index (κ1) is 33.0. The molecule has 8 nitrogen and oxygen atoms in total. The van der Waals surface area contributed by atoms with Gasteiger partial charge in [0.05, 0.1) is 22.9 Å². The lowest BCUT2D eigenvalue weighted by Gasteiger charge is -2.28. The number of nitrogens with two attached hydrogens (primary N) is 1. The van der Waals surface area contributed by atoms with E-state index in [1.807, 2.05) is 6.07 Å². The highest BCUT2D eigenvalue weighted by atomic mass is 35.5. The zero-order valence-electron chi connectivity index (χ0n) is 23.3. The normalized spacial score (nSPS) is 17.0. The number of halogens is 9. The molecule has 1 aromatic carbocycles. The highest BCUT2D eigenvalue weighted by molar-refractivity contribution is 6.31. The van der Waals surface area contributed by atoms with E-state index >= 15 is 0 Å². The van der Waals surface area contributed by atoms with Crippen molar-refractivity contribution in [1.82, 2.24) is 19.6 Å². The summed E-state index contributed by atoms with van der Waals surface area (Å²) in [5.41, 5.74) is 0.0657. The second kappa shape index (κ2) is 11.5. The van der Waals surface area contributed by atoms with Crippen molar-refractivity contribution in [2.45, 2.75) is 63.2 Å². The van der Waals surface area contributed by atoms with Crippen LogP contribution in [0.25, 0.3) is 11.5 Å². The Morgan fingerprint density at radius 2 is 1.77 bits per heavy atom. The van der Waals surface area contributed by atoms with Gasteiger partial charge in [0.2, 0.25) is 0 Å². The molecular formula is C27H27ClF8N8. The number of hydrogen-bond acceptors (Lipinski definition) is 7. The van der Waals surface area contributed by atoms with Gasteiger partial charge in [0.15, 0.2) is 11.3 Å². The maximum Gasteiger partial charge on any atom is 0.453 e. The Morgan fingerprint density at radius 3 is 2.39 bits per heavy atom. The zero-order chi connectivity index (χ0) is 32.8. The van der Waals surface area contributed by atoms with E-state index in [1.165, 1.54) is 0 Å². The van der Waals surface area contributed by atoms with Gasteiger partial charge in [0, 0.05) is 30.1 Å². The summed E-state index contributed by atoms with van der Waals surface area (Å²) in [7, 11) is 0. The van der Waals surface area contributed by atoms with Crippen molar-refractivity contribution >= 4 is 23.2 Å². The van der Waals surface area contributed by atoms with Gasteiger partial charge in [-0.25, -0.2) is 19.6 Å². The van der Waals surface area contributed by atoms with Crippen molar-refractivity contribution < 1.29 is 35.1 Å². The number of fused-ring (bicyclic) bond motifs is 1. The topological polar surface area (TPSA) is 118 Å². The predicted octanol–water partition coefficient (Wildman–Crippen LogP) is 6.62. The fourth-order valence-electron chi connectivity index (χ4n) is 4.73. The van der Waals surface area contributed by atoms with Crippen LogP contribution in [0.2, 0.25) is 5.02 Å². The smallest absolute Gasteiger partial charge is 0.370 e. The second-order valence-corrected chi connectivity index (χ2v) is 10.9. The molecule has 0 saturated carbocycles. The molecule has 44 heavy (non-hydrogen) atoms. The molecule has 2 aromatic heterocycles. The summed E-state index contributed by atoms with van der Waals surface area (Å²) < 4.78 is 105. The van der Waals surface area contributed by atoms with E-state index in [2.05, 4.69) is 32.2 Å². The molecule has 0 aliphatic carbocycles. The molecule has 3 aromatic rings. The van der Waals surface area contributed by atoms with Crippen molar-refractivity contribution in [3.63, 3.8) is 0 Å². The van der Waals surface area contributed by atoms with Gasteiger partial charge < -0.3 is 16.5 Å². The van der Waals surface area contributed by atoms with Crippen LogP contribution in [0.5, 0.6) is 0 Å². The zero-order valence-corrected chi connectivity index (χ0v) is 24.1. The van der Waals surface area contributed by atoms with Crippen molar-refractivity contribution in [1.29, 1.82) is 5.41 Å². The van der Waals surface area contributed by atoms with Gasteiger partial charge >= 0.3 is 18.3 Å². The van der Waals surface area contributed by atoms with Gasteiger partial charge in [-0.1, -0.05) is 30.3 Å². The SMILES string of the molecule is C=C1Nc2nc(-c3cn(N)c(=N)c(CCC(F)(F)C(F)(F)F)n3)nc(NCCCC(F)(F)F)c2C1(C)c1ccc(Cl)c(C)c1. The lowest BCUT2D eigenvalue weighted by Crippen LogP contribution is -2.38. The Bertz CT molecular complexity index is 1650. The monoisotopic (exact) mass is 650 g/mol. The summed E-state index contributed by atoms with van der Waals surface area (Å²) in [6.45, 7) is 7.56. The highest BCUT2D eigenvalue weighted by Gasteiger charge is 2.56. The van der Waals surface area contributed by atoms with Crippen molar-refractivity contribution in [2.24, 2.45) is 0 Å². The lowest BCUT2D eigenvalue weighted by molar-refractivity contribution is -0.284. The van der Waals surface area contributed by atoms with Crippen molar-refractivity contribution in [3.05, 3.63) is 69.6 Å². The fraction of sp³-hybridized carbons (Fsp3) is 0.407. The molecule has 5 N–H and O–H groups in total. The fourth-order valence-corrected chi connectivity index (χ4v) is 4.85. The molecule has 0 amide bonds. The quantitative estimate of drug-likeness (QED) is 0.117. The second-order valence-electron chi connectivity index (χ2n) is 10.5. The maximum atomic E-state index is 13.6. The number of nitrogens with zero attached hydrogens (tertiary/aromatic N) is 4. The maximum absolute atomic E-state index is 13.6. The average Bonchev–Trinajstić information content (AvgIpc) is 3.18. The van der Waals surface area contributed by atoms with E-state index in [-0.39, 0.29) is 36.1 Å². The first-order valence-electron chi connectivity index (χ1n) is 13.1. The summed E-state index contributed by atoms with van der Waals surface area (Å²) in [6, 6.07) is 5.26. The van der Waals surface area contributed by atoms with Crippen LogP contribution in [-0.4, -0.2) is 44.4 Å². The molecule has 4 rings (SSSR count). The van der Waals surface area contributed by atoms with Crippen molar-refractivity contribution in [2.75, 3.05) is 23.0 Å². The highest BCUT2D eigenvalue weighted by Crippen LogP contribution is 2.50. The van der Waals surface area contributed by atoms with E-state index in [4.69, 9.17) is 22.9 Å². The Hall–Kier alpha value is -3.95. The Kier molecular flexibility index (Phi) is 8.63. The Morgan fingerprint density at radius 1 is 1.09 bits per heavy atom. The summed E-state index contributed by atoms with van der Waals surface area (Å²) in [4.78, 5) is 13.0. The van der Waals surface area contributed by atoms with E-state index in [0.29, 0.717) is 21.0 Å². The molecule has 1 unspecified atom stereocenters. The van der Waals surface area contributed by atoms with E-state index in [0.717, 1.165) is 17.3 Å². The molecule has 1 atom stereocenters. The molecule has 0 fully saturated rings. The van der Waals surface area contributed by atoms with E-state index in [9.17, 15) is 35.1 Å². The summed E-state index contributed by atoms with van der Waals surface area (Å²) >= 11 is 6.22. The molecule has 0 saturated heterocycles. The number of aromatic nitrogens is 4. The van der Waals surface area contributed by atoms with Crippen LogP contribution in [0.15, 0.2) is 36.7 Å². The van der Waals surface area contributed by atoms with Gasteiger partial charge in [-0.2, -0.15) is 35.1 Å². The van der Waals surface area contributed by atoms with Gasteiger partial charge in [0.25, 0.3) is 0 Å². The third-order valence-electron chi connectivity index (χ3n) is 7.31. The van der Waals surface area contributed by atoms with Gasteiger partial charge in [-0.05, 0) is 43.9 Å². The van der Waals surface area contributed by atoms with Gasteiger partial charge in [-0.15, -0.1) is 0 Å². The summed E-state index contributed by atoms with van der Waals surface area (Å²) in [6.07, 6.45) is -13.1. The number of nitrogen functional groups attached to an aromatic ring is 1. The number of hydrogen-bond donors (Lipinski definition) is 4. The standard InChI is InChI=1S/C27H27ClF8N8/c1-13-11-15(5-6-16(13)28)24(3)14(2)40-23-19(24)22(39-10-4-8-26(31,32)33)42-21(43-23)18-12-44(38)20(37)17(41-18)7-9-25(29,30)27(34,35)36/h5-6,11-12,37H,2,4,7-10,38H2,1,3H3,(H2,39,40,42,43). The number of aryl methyl sites for hydroxylation is 2. The van der Waals surface area contributed by atoms with Crippen LogP contribution in [-0.2, 0) is 11.8 Å². The number of benzene rings is 1. The Balaban J connectivity index is 1.81. The average molecular weight is 651 g/mol. The van der Waals surface area contributed by atoms with Crippen LogP contribution in [0, 0.1) is 12.3 Å². The largest absolute Gasteiger partial charge is 0.453 e. The first-order valence-corrected chi connectivity index (χ1v) is 13.5. The van der Waals surface area contributed by atoms with E-state index in [1.54, 1.807) is 26.0 Å². The molecule has 0 radical (unpaired) electrons. The minimum atomic E-state index is -5.80. The lowest BCUT2D eigenvalue weighted by atomic mass is 9.76. The minimum Gasteiger partial charge on any atom is -0.370 e. The van der Waals surface area contributed by atoms with Crippen LogP contribution in [0.3, 0.4) is 0 Å². The molecule has 1 aliphatic heterocycles. The molecule has 0 bridgehead atoms. The third-order valence-corrected chi connectivity index (χ3v) is 7.74. The van der Waals surface area contributed by atoms with Gasteiger partial charge in [0.1, 0.15) is 17.3 Å². The molecule has 1 aliphatic rings. The molecule has 3 heterocycles. The van der Waals surface area contributed by atoms with Crippen LogP contribution in [0.1, 0.15) is 48.6 Å². The minimum absolute atomic E-state index is 0.0962. The summed E-state index contributed by atoms with van der Waals surface area (Å²) in [5.74, 6) is 0.861. The van der Waals surface area contributed by atoms with Gasteiger partial charge in [-0.3, -0.25) is 5.41 Å². The first-order chi connectivity index (χ1) is 20.2. The molecule has 17 heteroatoms. The number of rotatable bonds is 9. The number of alkyl halides is 8. The third kappa shape index (κ3) is 6.44. The van der Waals surface area contributed by atoms with E-state index < -0.39 is 54.1 Å². The molecule has 238 valence electrons. The van der Waals surface area contributed by atoms with Crippen LogP contribution < -0.4 is 22.0 Å². The van der Waals surface area contributed by atoms with Crippen LogP contribution >= 0.6 is 11.6 Å². The number of anilines is 2. The Labute approximate surface area is 250 Å². The molecular weight excluding hydrogens is 624 g/mol. The predicted molar refractivity (Wildman–Crippen MR) is 148 cm³/mol. The molecule has 0 spiro atoms. The summed E-state index contributed by atoms with van der Waals surface area (Å²) in [5, 5.41) is 14.5. The number of nitrogens with one attached hydrogen (secondary N) is 3. The number of allylic oxidation sites excluding steroid dienone is 1. The van der Waals surface area contributed by atoms with Crippen LogP contribution in [0.4, 0.5) is 46.8 Å².